The SMILES string of the molecule is CCCC(=O)CN1CCOC(C#N)C1. The van der Waals surface area contributed by atoms with Crippen LogP contribution in [0.5, 0.6) is 0 Å². The van der Waals surface area contributed by atoms with Gasteiger partial charge in [0.1, 0.15) is 5.78 Å². The molecule has 14 heavy (non-hydrogen) atoms. The first-order chi connectivity index (χ1) is 6.76. The molecule has 1 fully saturated rings. The molecule has 4 nitrogen and oxygen atoms in total. The quantitative estimate of drug-likeness (QED) is 0.660. The Kier molecular flexibility index (Phi) is 4.57. The number of hydrogen-bond acceptors (Lipinski definition) is 4. The number of carbonyl (C=O) groups excluding carboxylic acids is 1. The second-order valence-electron chi connectivity index (χ2n) is 3.51. The third-order valence-electron chi connectivity index (χ3n) is 2.22. The Bertz CT molecular complexity index is 235. The molecule has 1 rings (SSSR count). The van der Waals surface area contributed by atoms with E-state index in [1.165, 1.54) is 0 Å². The van der Waals surface area contributed by atoms with E-state index in [-0.39, 0.29) is 11.9 Å². The van der Waals surface area contributed by atoms with Crippen molar-refractivity contribution in [1.82, 2.24) is 4.90 Å². The second-order valence-corrected chi connectivity index (χ2v) is 3.51. The Hall–Kier alpha value is -0.920. The van der Waals surface area contributed by atoms with E-state index in [4.69, 9.17) is 10.00 Å². The molecule has 0 aromatic heterocycles. The van der Waals surface area contributed by atoms with Crippen molar-refractivity contribution in [3.8, 4) is 6.07 Å². The molecule has 4 heteroatoms. The first kappa shape index (κ1) is 11.2. The molecule has 1 saturated heterocycles. The second kappa shape index (κ2) is 5.74. The van der Waals surface area contributed by atoms with Crippen LogP contribution in [-0.4, -0.2) is 43.0 Å². The maximum absolute atomic E-state index is 11.3. The molecule has 1 aliphatic rings. The molecule has 78 valence electrons. The van der Waals surface area contributed by atoms with Crippen molar-refractivity contribution >= 4 is 5.78 Å². The molecule has 0 N–H and O–H groups in total. The van der Waals surface area contributed by atoms with E-state index in [9.17, 15) is 4.79 Å². The number of carbonyl (C=O) groups is 1. The lowest BCUT2D eigenvalue weighted by atomic mass is 10.2. The van der Waals surface area contributed by atoms with Gasteiger partial charge in [-0.05, 0) is 6.42 Å². The fraction of sp³-hybridized carbons (Fsp3) is 0.800. The van der Waals surface area contributed by atoms with Gasteiger partial charge in [-0.2, -0.15) is 5.26 Å². The Morgan fingerprint density at radius 1 is 1.71 bits per heavy atom. The van der Waals surface area contributed by atoms with Crippen molar-refractivity contribution < 1.29 is 9.53 Å². The molecule has 0 aliphatic carbocycles. The van der Waals surface area contributed by atoms with Gasteiger partial charge >= 0.3 is 0 Å². The van der Waals surface area contributed by atoms with Gasteiger partial charge in [0.15, 0.2) is 6.10 Å². The Morgan fingerprint density at radius 3 is 3.14 bits per heavy atom. The molecule has 0 bridgehead atoms. The van der Waals surface area contributed by atoms with Gasteiger partial charge in [0.25, 0.3) is 0 Å². The number of hydrogen-bond donors (Lipinski definition) is 0. The van der Waals surface area contributed by atoms with E-state index in [0.29, 0.717) is 26.1 Å². The third-order valence-corrected chi connectivity index (χ3v) is 2.22. The largest absolute Gasteiger partial charge is 0.361 e. The van der Waals surface area contributed by atoms with Crippen molar-refractivity contribution in [2.75, 3.05) is 26.2 Å². The van der Waals surface area contributed by atoms with Crippen LogP contribution in [0.15, 0.2) is 0 Å². The van der Waals surface area contributed by atoms with Crippen molar-refractivity contribution in [2.45, 2.75) is 25.9 Å². The molecule has 1 aliphatic heterocycles. The molecule has 0 radical (unpaired) electrons. The van der Waals surface area contributed by atoms with E-state index in [1.807, 2.05) is 11.8 Å². The minimum absolute atomic E-state index is 0.256. The molecule has 1 unspecified atom stereocenters. The third kappa shape index (κ3) is 3.44. The summed E-state index contributed by atoms with van der Waals surface area (Å²) >= 11 is 0. The fourth-order valence-corrected chi connectivity index (χ4v) is 1.53. The lowest BCUT2D eigenvalue weighted by molar-refractivity contribution is -0.121. The topological polar surface area (TPSA) is 53.3 Å². The van der Waals surface area contributed by atoms with Gasteiger partial charge in [-0.3, -0.25) is 9.69 Å². The summed E-state index contributed by atoms with van der Waals surface area (Å²) in [5.74, 6) is 0.256. The van der Waals surface area contributed by atoms with Crippen LogP contribution in [0.3, 0.4) is 0 Å². The first-order valence-electron chi connectivity index (χ1n) is 5.01. The lowest BCUT2D eigenvalue weighted by Gasteiger charge is -2.28. The highest BCUT2D eigenvalue weighted by molar-refractivity contribution is 5.80. The van der Waals surface area contributed by atoms with Crippen LogP contribution in [0, 0.1) is 11.3 Å². The van der Waals surface area contributed by atoms with Crippen molar-refractivity contribution in [3.05, 3.63) is 0 Å². The summed E-state index contributed by atoms with van der Waals surface area (Å²) in [5, 5.41) is 8.66. The Morgan fingerprint density at radius 2 is 2.50 bits per heavy atom. The molecule has 1 heterocycles. The summed E-state index contributed by atoms with van der Waals surface area (Å²) in [6.07, 6.45) is 1.16. The van der Waals surface area contributed by atoms with E-state index < -0.39 is 0 Å². The standard InChI is InChI=1S/C10H16N2O2/c1-2-3-9(13)7-12-4-5-14-10(6-11)8-12/h10H,2-5,7-8H2,1H3. The average molecular weight is 196 g/mol. The molecule has 0 saturated carbocycles. The van der Waals surface area contributed by atoms with Crippen LogP contribution < -0.4 is 0 Å². The maximum Gasteiger partial charge on any atom is 0.156 e. The average Bonchev–Trinajstić information content (AvgIpc) is 2.18. The van der Waals surface area contributed by atoms with Crippen molar-refractivity contribution in [2.24, 2.45) is 0 Å². The van der Waals surface area contributed by atoms with Crippen LogP contribution in [0.1, 0.15) is 19.8 Å². The van der Waals surface area contributed by atoms with Crippen LogP contribution in [-0.2, 0) is 9.53 Å². The zero-order valence-electron chi connectivity index (χ0n) is 8.53. The van der Waals surface area contributed by atoms with Crippen LogP contribution >= 0.6 is 0 Å². The van der Waals surface area contributed by atoms with Crippen LogP contribution in [0.4, 0.5) is 0 Å². The Balaban J connectivity index is 2.31. The fourth-order valence-electron chi connectivity index (χ4n) is 1.53. The van der Waals surface area contributed by atoms with Gasteiger partial charge in [-0.15, -0.1) is 0 Å². The maximum atomic E-state index is 11.3. The molecular weight excluding hydrogens is 180 g/mol. The van der Waals surface area contributed by atoms with E-state index in [0.717, 1.165) is 13.0 Å². The Labute approximate surface area is 84.4 Å². The number of rotatable bonds is 4. The zero-order chi connectivity index (χ0) is 10.4. The normalized spacial score (nSPS) is 23.0. The summed E-state index contributed by atoms with van der Waals surface area (Å²) in [7, 11) is 0. The van der Waals surface area contributed by atoms with Crippen molar-refractivity contribution in [1.29, 1.82) is 5.26 Å². The van der Waals surface area contributed by atoms with Gasteiger partial charge in [0.2, 0.25) is 0 Å². The smallest absolute Gasteiger partial charge is 0.156 e. The number of ether oxygens (including phenoxy) is 1. The molecule has 0 amide bonds. The lowest BCUT2D eigenvalue weighted by Crippen LogP contribution is -2.44. The number of morpholine rings is 1. The van der Waals surface area contributed by atoms with Gasteiger partial charge in [0, 0.05) is 19.5 Å². The highest BCUT2D eigenvalue weighted by Gasteiger charge is 2.21. The molecule has 0 aromatic carbocycles. The van der Waals surface area contributed by atoms with Crippen molar-refractivity contribution in [3.63, 3.8) is 0 Å². The monoisotopic (exact) mass is 196 g/mol. The molecule has 1 atom stereocenters. The zero-order valence-corrected chi connectivity index (χ0v) is 8.53. The summed E-state index contributed by atoms with van der Waals surface area (Å²) in [6, 6.07) is 2.06. The number of Topliss-reactive ketones (excluding diaryl/α,β-unsaturated/α-hetero) is 1. The van der Waals surface area contributed by atoms with Crippen LogP contribution in [0.25, 0.3) is 0 Å². The van der Waals surface area contributed by atoms with Crippen LogP contribution in [0.2, 0.25) is 0 Å². The van der Waals surface area contributed by atoms with Gasteiger partial charge in [-0.25, -0.2) is 0 Å². The number of ketones is 1. The van der Waals surface area contributed by atoms with Gasteiger partial charge < -0.3 is 4.74 Å². The first-order valence-corrected chi connectivity index (χ1v) is 5.01. The molecule has 0 aromatic rings. The summed E-state index contributed by atoms with van der Waals surface area (Å²) < 4.78 is 5.18. The predicted octanol–water partition coefficient (Wildman–Crippen LogP) is 0.580. The van der Waals surface area contributed by atoms with E-state index >= 15 is 0 Å². The highest BCUT2D eigenvalue weighted by atomic mass is 16.5. The minimum atomic E-state index is -0.363. The number of nitriles is 1. The summed E-state index contributed by atoms with van der Waals surface area (Å²) in [5.41, 5.74) is 0. The van der Waals surface area contributed by atoms with Gasteiger partial charge in [0.05, 0.1) is 19.2 Å². The summed E-state index contributed by atoms with van der Waals surface area (Å²) in [4.78, 5) is 13.3. The molecule has 0 spiro atoms. The number of nitrogens with zero attached hydrogens (tertiary/aromatic N) is 2. The predicted molar refractivity (Wildman–Crippen MR) is 51.7 cm³/mol. The van der Waals surface area contributed by atoms with Gasteiger partial charge in [-0.1, -0.05) is 6.92 Å². The van der Waals surface area contributed by atoms with E-state index in [2.05, 4.69) is 6.07 Å². The minimum Gasteiger partial charge on any atom is -0.361 e. The molecular formula is C10H16N2O2. The highest BCUT2D eigenvalue weighted by Crippen LogP contribution is 2.04. The van der Waals surface area contributed by atoms with E-state index in [1.54, 1.807) is 0 Å². The summed E-state index contributed by atoms with van der Waals surface area (Å²) in [6.45, 7) is 4.34.